The lowest BCUT2D eigenvalue weighted by Crippen LogP contribution is -2.29. The van der Waals surface area contributed by atoms with Crippen LogP contribution in [-0.2, 0) is 12.8 Å². The van der Waals surface area contributed by atoms with Crippen LogP contribution < -0.4 is 0 Å². The van der Waals surface area contributed by atoms with E-state index in [-0.39, 0.29) is 0 Å². The summed E-state index contributed by atoms with van der Waals surface area (Å²) in [5.74, 6) is 0. The second kappa shape index (κ2) is 8.82. The summed E-state index contributed by atoms with van der Waals surface area (Å²) in [5.41, 5.74) is 2.63. The normalized spacial score (nSPS) is 14.3. The standard InChI is InChI=1S/C27H24Cl2N2/c28-26-27(29)31(16-14-21-10-12-23-6-2-4-8-25(23)18-21)19-30(26)15-13-20-9-11-22-5-1-3-7-24(22)17-20/h1-12,17-18H,13-16,19H2. The quantitative estimate of drug-likeness (QED) is 0.295. The lowest BCUT2D eigenvalue weighted by Gasteiger charge is -2.22. The van der Waals surface area contributed by atoms with Crippen LogP contribution >= 0.6 is 23.2 Å². The molecule has 2 nitrogen and oxygen atoms in total. The third-order valence-electron chi connectivity index (χ3n) is 6.04. The van der Waals surface area contributed by atoms with Crippen molar-refractivity contribution in [3.63, 3.8) is 0 Å². The molecular weight excluding hydrogens is 423 g/mol. The van der Waals surface area contributed by atoms with Crippen molar-refractivity contribution in [3.8, 4) is 0 Å². The van der Waals surface area contributed by atoms with Gasteiger partial charge in [0.2, 0.25) is 0 Å². The van der Waals surface area contributed by atoms with Gasteiger partial charge < -0.3 is 9.80 Å². The molecular formula is C27H24Cl2N2. The van der Waals surface area contributed by atoms with E-state index >= 15 is 0 Å². The maximum absolute atomic E-state index is 6.58. The van der Waals surface area contributed by atoms with Gasteiger partial charge in [-0.25, -0.2) is 0 Å². The van der Waals surface area contributed by atoms with Crippen LogP contribution in [0, 0.1) is 0 Å². The monoisotopic (exact) mass is 446 g/mol. The molecule has 1 heterocycles. The van der Waals surface area contributed by atoms with Crippen molar-refractivity contribution in [1.29, 1.82) is 0 Å². The van der Waals surface area contributed by atoms with E-state index in [0.29, 0.717) is 10.3 Å². The summed E-state index contributed by atoms with van der Waals surface area (Å²) in [6, 6.07) is 30.2. The van der Waals surface area contributed by atoms with Gasteiger partial charge >= 0.3 is 0 Å². The fourth-order valence-corrected chi connectivity index (χ4v) is 4.76. The minimum atomic E-state index is 0.654. The maximum Gasteiger partial charge on any atom is 0.141 e. The number of rotatable bonds is 6. The van der Waals surface area contributed by atoms with Crippen molar-refractivity contribution in [2.75, 3.05) is 19.8 Å². The first-order chi connectivity index (χ1) is 15.2. The van der Waals surface area contributed by atoms with Crippen molar-refractivity contribution < 1.29 is 0 Å². The Morgan fingerprint density at radius 3 is 1.42 bits per heavy atom. The van der Waals surface area contributed by atoms with Gasteiger partial charge in [-0.2, -0.15) is 0 Å². The molecule has 0 saturated carbocycles. The van der Waals surface area contributed by atoms with Crippen LogP contribution in [0.1, 0.15) is 11.1 Å². The number of hydrogen-bond acceptors (Lipinski definition) is 2. The van der Waals surface area contributed by atoms with Crippen molar-refractivity contribution in [2.45, 2.75) is 12.8 Å². The van der Waals surface area contributed by atoms with E-state index in [2.05, 4.69) is 94.7 Å². The van der Waals surface area contributed by atoms with E-state index in [1.165, 1.54) is 32.7 Å². The van der Waals surface area contributed by atoms with Crippen LogP contribution in [0.4, 0.5) is 0 Å². The maximum atomic E-state index is 6.58. The molecule has 0 atom stereocenters. The number of fused-ring (bicyclic) bond motifs is 2. The summed E-state index contributed by atoms with van der Waals surface area (Å²) in [4.78, 5) is 4.33. The fraction of sp³-hybridized carbons (Fsp3) is 0.185. The first-order valence-electron chi connectivity index (χ1n) is 10.7. The van der Waals surface area contributed by atoms with Crippen molar-refractivity contribution >= 4 is 44.7 Å². The van der Waals surface area contributed by atoms with Crippen molar-refractivity contribution in [2.24, 2.45) is 0 Å². The first-order valence-corrected chi connectivity index (χ1v) is 11.4. The summed E-state index contributed by atoms with van der Waals surface area (Å²) < 4.78 is 0. The molecule has 0 fully saturated rings. The Hall–Kier alpha value is -2.68. The van der Waals surface area contributed by atoms with E-state index in [4.69, 9.17) is 23.2 Å². The summed E-state index contributed by atoms with van der Waals surface area (Å²) in [6.45, 7) is 2.43. The highest BCUT2D eigenvalue weighted by Crippen LogP contribution is 2.30. The third kappa shape index (κ3) is 4.37. The van der Waals surface area contributed by atoms with Gasteiger partial charge in [0.25, 0.3) is 0 Å². The number of benzene rings is 4. The minimum Gasteiger partial charge on any atom is -0.342 e. The molecule has 156 valence electrons. The van der Waals surface area contributed by atoms with Gasteiger partial charge in [-0.15, -0.1) is 0 Å². The second-order valence-electron chi connectivity index (χ2n) is 8.11. The molecule has 0 aliphatic carbocycles. The molecule has 0 radical (unpaired) electrons. The smallest absolute Gasteiger partial charge is 0.141 e. The van der Waals surface area contributed by atoms with Crippen LogP contribution in [0.5, 0.6) is 0 Å². The predicted molar refractivity (Wildman–Crippen MR) is 132 cm³/mol. The molecule has 0 N–H and O–H groups in total. The molecule has 5 rings (SSSR count). The number of nitrogens with zero attached hydrogens (tertiary/aromatic N) is 2. The summed E-state index contributed by atoms with van der Waals surface area (Å²) >= 11 is 13.2. The van der Waals surface area contributed by atoms with E-state index in [1.807, 2.05) is 0 Å². The van der Waals surface area contributed by atoms with Gasteiger partial charge in [-0.3, -0.25) is 0 Å². The fourth-order valence-electron chi connectivity index (χ4n) is 4.25. The van der Waals surface area contributed by atoms with Crippen molar-refractivity contribution in [1.82, 2.24) is 9.80 Å². The summed E-state index contributed by atoms with van der Waals surface area (Å²) in [7, 11) is 0. The zero-order valence-electron chi connectivity index (χ0n) is 17.3. The number of hydrogen-bond donors (Lipinski definition) is 0. The van der Waals surface area contributed by atoms with Crippen LogP contribution in [-0.4, -0.2) is 29.6 Å². The Morgan fingerprint density at radius 2 is 0.968 bits per heavy atom. The van der Waals surface area contributed by atoms with E-state index in [9.17, 15) is 0 Å². The molecule has 0 aromatic heterocycles. The highest BCUT2D eigenvalue weighted by molar-refractivity contribution is 6.38. The molecule has 0 amide bonds. The van der Waals surface area contributed by atoms with Crippen molar-refractivity contribution in [3.05, 3.63) is 106 Å². The lowest BCUT2D eigenvalue weighted by atomic mass is 10.1. The Morgan fingerprint density at radius 1 is 0.548 bits per heavy atom. The zero-order chi connectivity index (χ0) is 21.2. The molecule has 1 aliphatic rings. The van der Waals surface area contributed by atoms with Gasteiger partial charge in [0.1, 0.15) is 10.3 Å². The molecule has 0 spiro atoms. The van der Waals surface area contributed by atoms with Gasteiger partial charge in [0.15, 0.2) is 0 Å². The van der Waals surface area contributed by atoms with Gasteiger partial charge in [0.05, 0.1) is 6.67 Å². The molecule has 1 aliphatic heterocycles. The molecule has 0 saturated heterocycles. The molecule has 0 unspecified atom stereocenters. The summed E-state index contributed by atoms with van der Waals surface area (Å²) in [6.07, 6.45) is 1.87. The molecule has 31 heavy (non-hydrogen) atoms. The Balaban J connectivity index is 1.21. The Labute approximate surface area is 193 Å². The first kappa shape index (κ1) is 20.2. The van der Waals surface area contributed by atoms with Gasteiger partial charge in [-0.05, 0) is 45.5 Å². The Bertz CT molecular complexity index is 1170. The van der Waals surface area contributed by atoms with Crippen LogP contribution in [0.3, 0.4) is 0 Å². The van der Waals surface area contributed by atoms with E-state index in [0.717, 1.165) is 32.6 Å². The van der Waals surface area contributed by atoms with Crippen LogP contribution in [0.15, 0.2) is 95.2 Å². The molecule has 4 aromatic rings. The molecule has 4 aromatic carbocycles. The second-order valence-corrected chi connectivity index (χ2v) is 8.83. The van der Waals surface area contributed by atoms with Gasteiger partial charge in [-0.1, -0.05) is 108 Å². The van der Waals surface area contributed by atoms with E-state index < -0.39 is 0 Å². The lowest BCUT2D eigenvalue weighted by molar-refractivity contribution is 0.262. The third-order valence-corrected chi connectivity index (χ3v) is 6.97. The highest BCUT2D eigenvalue weighted by Gasteiger charge is 2.26. The van der Waals surface area contributed by atoms with E-state index in [1.54, 1.807) is 0 Å². The summed E-state index contributed by atoms with van der Waals surface area (Å²) in [5, 5.41) is 6.40. The van der Waals surface area contributed by atoms with Gasteiger partial charge in [0, 0.05) is 13.1 Å². The van der Waals surface area contributed by atoms with Crippen LogP contribution in [0.2, 0.25) is 0 Å². The predicted octanol–water partition coefficient (Wildman–Crippen LogP) is 6.96. The van der Waals surface area contributed by atoms with Crippen LogP contribution in [0.25, 0.3) is 21.5 Å². The molecule has 0 bridgehead atoms. The molecule has 4 heteroatoms. The largest absolute Gasteiger partial charge is 0.342 e. The zero-order valence-corrected chi connectivity index (χ0v) is 18.8. The average Bonchev–Trinajstić information content (AvgIpc) is 3.09. The number of halogens is 2. The highest BCUT2D eigenvalue weighted by atomic mass is 35.5. The SMILES string of the molecule is ClC1=C(Cl)N(CCc2ccc3ccccc3c2)CN1CCc1ccc2ccccc2c1. The average molecular weight is 447 g/mol. The Kier molecular flexibility index (Phi) is 5.76. The minimum absolute atomic E-state index is 0.654. The topological polar surface area (TPSA) is 6.48 Å².